The minimum absolute atomic E-state index is 0.0381. The SMILES string of the molecule is NCCc1nc(C(=O)NCC2(c3ccc(Cl)cc3)CCC2)cs1. The molecular formula is C17H20ClN3OS. The zero-order valence-corrected chi connectivity index (χ0v) is 14.4. The molecule has 0 unspecified atom stereocenters. The van der Waals surface area contributed by atoms with Crippen molar-refractivity contribution in [3.63, 3.8) is 0 Å². The Hall–Kier alpha value is -1.43. The van der Waals surface area contributed by atoms with Gasteiger partial charge in [-0.3, -0.25) is 4.79 Å². The van der Waals surface area contributed by atoms with Crippen LogP contribution >= 0.6 is 22.9 Å². The van der Waals surface area contributed by atoms with Gasteiger partial charge in [-0.2, -0.15) is 0 Å². The molecule has 1 aliphatic rings. The van der Waals surface area contributed by atoms with Gasteiger partial charge in [0.2, 0.25) is 0 Å². The summed E-state index contributed by atoms with van der Waals surface area (Å²) in [5.41, 5.74) is 7.29. The highest BCUT2D eigenvalue weighted by Crippen LogP contribution is 2.43. The van der Waals surface area contributed by atoms with Crippen molar-refractivity contribution >= 4 is 28.8 Å². The van der Waals surface area contributed by atoms with E-state index in [1.807, 2.05) is 12.1 Å². The Morgan fingerprint density at radius 1 is 1.35 bits per heavy atom. The average molecular weight is 350 g/mol. The predicted octanol–water partition coefficient (Wildman–Crippen LogP) is 3.15. The molecule has 0 atom stereocenters. The second-order valence-corrected chi connectivity index (χ2v) is 7.37. The first-order valence-corrected chi connectivity index (χ1v) is 9.07. The van der Waals surface area contributed by atoms with Gasteiger partial charge in [-0.05, 0) is 37.1 Å². The van der Waals surface area contributed by atoms with E-state index in [2.05, 4.69) is 22.4 Å². The Labute approximate surface area is 145 Å². The fraction of sp³-hybridized carbons (Fsp3) is 0.412. The summed E-state index contributed by atoms with van der Waals surface area (Å²) in [5.74, 6) is -0.107. The second-order valence-electron chi connectivity index (χ2n) is 5.99. The van der Waals surface area contributed by atoms with E-state index in [4.69, 9.17) is 17.3 Å². The van der Waals surface area contributed by atoms with Gasteiger partial charge in [0.25, 0.3) is 5.91 Å². The summed E-state index contributed by atoms with van der Waals surface area (Å²) in [6.07, 6.45) is 4.08. The van der Waals surface area contributed by atoms with Crippen molar-refractivity contribution in [1.82, 2.24) is 10.3 Å². The first-order chi connectivity index (χ1) is 11.1. The molecule has 1 aliphatic carbocycles. The highest BCUT2D eigenvalue weighted by molar-refractivity contribution is 7.09. The maximum atomic E-state index is 12.3. The van der Waals surface area contributed by atoms with Crippen LogP contribution in [0.2, 0.25) is 5.02 Å². The van der Waals surface area contributed by atoms with E-state index in [1.165, 1.54) is 23.3 Å². The lowest BCUT2D eigenvalue weighted by molar-refractivity contribution is 0.0923. The fourth-order valence-electron chi connectivity index (χ4n) is 2.97. The molecule has 23 heavy (non-hydrogen) atoms. The molecule has 1 heterocycles. The number of benzene rings is 1. The minimum atomic E-state index is -0.107. The summed E-state index contributed by atoms with van der Waals surface area (Å²) in [7, 11) is 0. The van der Waals surface area contributed by atoms with Crippen LogP contribution in [0.4, 0.5) is 0 Å². The molecule has 0 bridgehead atoms. The number of nitrogens with one attached hydrogen (secondary N) is 1. The van der Waals surface area contributed by atoms with Crippen LogP contribution in [0, 0.1) is 0 Å². The predicted molar refractivity (Wildman–Crippen MR) is 94.2 cm³/mol. The van der Waals surface area contributed by atoms with E-state index in [0.29, 0.717) is 25.2 Å². The maximum absolute atomic E-state index is 12.3. The lowest BCUT2D eigenvalue weighted by Gasteiger charge is -2.42. The van der Waals surface area contributed by atoms with Crippen molar-refractivity contribution in [3.05, 3.63) is 50.9 Å². The second kappa shape index (κ2) is 6.99. The summed E-state index contributed by atoms with van der Waals surface area (Å²) in [5, 5.41) is 6.50. The summed E-state index contributed by atoms with van der Waals surface area (Å²) in [6.45, 7) is 1.19. The zero-order chi connectivity index (χ0) is 16.3. The first-order valence-electron chi connectivity index (χ1n) is 7.82. The van der Waals surface area contributed by atoms with Crippen LogP contribution in [0.15, 0.2) is 29.6 Å². The number of carbonyl (C=O) groups is 1. The molecule has 0 aliphatic heterocycles. The Morgan fingerprint density at radius 2 is 2.09 bits per heavy atom. The summed E-state index contributed by atoms with van der Waals surface area (Å²) in [6, 6.07) is 7.96. The number of hydrogen-bond acceptors (Lipinski definition) is 4. The maximum Gasteiger partial charge on any atom is 0.270 e. The average Bonchev–Trinajstić information content (AvgIpc) is 2.97. The molecule has 122 valence electrons. The number of aromatic nitrogens is 1. The van der Waals surface area contributed by atoms with Gasteiger partial charge in [0, 0.05) is 28.8 Å². The number of rotatable bonds is 6. The van der Waals surface area contributed by atoms with Gasteiger partial charge in [0.15, 0.2) is 0 Å². The number of thiazole rings is 1. The van der Waals surface area contributed by atoms with Crippen molar-refractivity contribution in [2.75, 3.05) is 13.1 Å². The summed E-state index contributed by atoms with van der Waals surface area (Å²) in [4.78, 5) is 16.7. The molecule has 0 radical (unpaired) electrons. The quantitative estimate of drug-likeness (QED) is 0.841. The molecule has 3 N–H and O–H groups in total. The van der Waals surface area contributed by atoms with E-state index in [-0.39, 0.29) is 11.3 Å². The molecule has 6 heteroatoms. The van der Waals surface area contributed by atoms with E-state index in [9.17, 15) is 4.79 Å². The Balaban J connectivity index is 1.65. The van der Waals surface area contributed by atoms with Crippen LogP contribution in [0.25, 0.3) is 0 Å². The van der Waals surface area contributed by atoms with Gasteiger partial charge < -0.3 is 11.1 Å². The van der Waals surface area contributed by atoms with Crippen molar-refractivity contribution in [2.24, 2.45) is 5.73 Å². The number of nitrogens with zero attached hydrogens (tertiary/aromatic N) is 1. The van der Waals surface area contributed by atoms with Gasteiger partial charge >= 0.3 is 0 Å². The van der Waals surface area contributed by atoms with E-state index in [1.54, 1.807) is 5.38 Å². The van der Waals surface area contributed by atoms with Crippen molar-refractivity contribution in [2.45, 2.75) is 31.1 Å². The van der Waals surface area contributed by atoms with Crippen LogP contribution in [0.5, 0.6) is 0 Å². The molecule has 0 saturated heterocycles. The molecule has 0 spiro atoms. The molecule has 1 aromatic heterocycles. The van der Waals surface area contributed by atoms with Crippen LogP contribution in [-0.4, -0.2) is 24.0 Å². The fourth-order valence-corrected chi connectivity index (χ4v) is 3.89. The Bertz CT molecular complexity index is 679. The molecule has 1 aromatic carbocycles. The molecule has 4 nitrogen and oxygen atoms in total. The van der Waals surface area contributed by atoms with E-state index < -0.39 is 0 Å². The number of carbonyl (C=O) groups excluding carboxylic acids is 1. The van der Waals surface area contributed by atoms with Crippen LogP contribution in [0.1, 0.15) is 40.3 Å². The third kappa shape index (κ3) is 3.57. The van der Waals surface area contributed by atoms with Crippen LogP contribution in [0.3, 0.4) is 0 Å². The molecular weight excluding hydrogens is 330 g/mol. The topological polar surface area (TPSA) is 68.0 Å². The van der Waals surface area contributed by atoms with Gasteiger partial charge in [-0.1, -0.05) is 30.2 Å². The van der Waals surface area contributed by atoms with E-state index >= 15 is 0 Å². The standard InChI is InChI=1S/C17H20ClN3OS/c18-13-4-2-12(3-5-13)17(7-1-8-17)11-20-16(22)14-10-23-15(21-14)6-9-19/h2-5,10H,1,6-9,11,19H2,(H,20,22). The number of amides is 1. The lowest BCUT2D eigenvalue weighted by atomic mass is 9.64. The van der Waals surface area contributed by atoms with Gasteiger partial charge in [-0.15, -0.1) is 11.3 Å². The van der Waals surface area contributed by atoms with Crippen LogP contribution < -0.4 is 11.1 Å². The number of hydrogen-bond donors (Lipinski definition) is 2. The first kappa shape index (κ1) is 16.4. The van der Waals surface area contributed by atoms with Gasteiger partial charge in [0.1, 0.15) is 5.69 Å². The number of halogens is 1. The Kier molecular flexibility index (Phi) is 4.99. The normalized spacial score (nSPS) is 15.9. The smallest absolute Gasteiger partial charge is 0.270 e. The third-order valence-corrected chi connectivity index (χ3v) is 5.66. The third-order valence-electron chi connectivity index (χ3n) is 4.50. The highest BCUT2D eigenvalue weighted by atomic mass is 35.5. The molecule has 1 fully saturated rings. The summed E-state index contributed by atoms with van der Waals surface area (Å²) >= 11 is 7.46. The van der Waals surface area contributed by atoms with Crippen molar-refractivity contribution < 1.29 is 4.79 Å². The van der Waals surface area contributed by atoms with Crippen molar-refractivity contribution in [1.29, 1.82) is 0 Å². The lowest BCUT2D eigenvalue weighted by Crippen LogP contribution is -2.45. The van der Waals surface area contributed by atoms with Crippen LogP contribution in [-0.2, 0) is 11.8 Å². The van der Waals surface area contributed by atoms with Gasteiger partial charge in [-0.25, -0.2) is 4.98 Å². The molecule has 3 rings (SSSR count). The summed E-state index contributed by atoms with van der Waals surface area (Å²) < 4.78 is 0. The highest BCUT2D eigenvalue weighted by Gasteiger charge is 2.38. The zero-order valence-electron chi connectivity index (χ0n) is 12.8. The largest absolute Gasteiger partial charge is 0.350 e. The van der Waals surface area contributed by atoms with Gasteiger partial charge in [0.05, 0.1) is 5.01 Å². The monoisotopic (exact) mass is 349 g/mol. The molecule has 1 saturated carbocycles. The van der Waals surface area contributed by atoms with Crippen molar-refractivity contribution in [3.8, 4) is 0 Å². The molecule has 1 amide bonds. The Morgan fingerprint density at radius 3 is 2.70 bits per heavy atom. The number of nitrogens with two attached hydrogens (primary N) is 1. The minimum Gasteiger partial charge on any atom is -0.350 e. The van der Waals surface area contributed by atoms with E-state index in [0.717, 1.165) is 22.9 Å². The molecule has 2 aromatic rings.